The number of hydrogen-bond donors (Lipinski definition) is 0. The summed E-state index contributed by atoms with van der Waals surface area (Å²) in [6.45, 7) is 0. The largest absolute Gasteiger partial charge is 0.135 e. The van der Waals surface area contributed by atoms with Crippen LogP contribution in [0.2, 0.25) is 0 Å². The number of thiophene rings is 1. The minimum atomic E-state index is 0.140. The second-order valence-electron chi connectivity index (χ2n) is 16.1. The van der Waals surface area contributed by atoms with E-state index >= 15 is 0 Å². The molecule has 0 amide bonds. The second kappa shape index (κ2) is 10.5. The molecule has 1 aromatic heterocycles. The Morgan fingerprint density at radius 3 is 1.94 bits per heavy atom. The first kappa shape index (κ1) is 28.7. The van der Waals surface area contributed by atoms with Gasteiger partial charge in [-0.1, -0.05) is 127 Å². The maximum absolute atomic E-state index is 2.60. The minimum absolute atomic E-state index is 0.140. The van der Waals surface area contributed by atoms with Crippen LogP contribution in [0.1, 0.15) is 43.2 Å². The fraction of sp³-hybridized carbons (Fsp3) is 0.200. The molecule has 8 aromatic rings. The molecule has 13 rings (SSSR count). The first-order chi connectivity index (χ1) is 25.2. The van der Waals surface area contributed by atoms with E-state index in [1.54, 1.807) is 11.1 Å². The zero-order chi connectivity index (χ0) is 33.3. The number of rotatable bonds is 3. The van der Waals surface area contributed by atoms with Crippen molar-refractivity contribution in [2.45, 2.75) is 37.5 Å². The quantitative estimate of drug-likeness (QED) is 0.175. The molecule has 1 heteroatoms. The van der Waals surface area contributed by atoms with Gasteiger partial charge in [0.25, 0.3) is 0 Å². The molecule has 1 heterocycles. The summed E-state index contributed by atoms with van der Waals surface area (Å²) in [6, 6.07) is 55.8. The maximum atomic E-state index is 2.60. The van der Waals surface area contributed by atoms with E-state index < -0.39 is 0 Å². The van der Waals surface area contributed by atoms with Crippen LogP contribution in [-0.4, -0.2) is 0 Å². The maximum Gasteiger partial charge on any atom is 0.0433 e. The normalized spacial score (nSPS) is 24.2. The predicted octanol–water partition coefficient (Wildman–Crippen LogP) is 13.9. The van der Waals surface area contributed by atoms with Crippen molar-refractivity contribution in [3.63, 3.8) is 0 Å². The first-order valence-corrected chi connectivity index (χ1v) is 19.8. The van der Waals surface area contributed by atoms with Crippen molar-refractivity contribution < 1.29 is 0 Å². The van der Waals surface area contributed by atoms with E-state index in [1.807, 2.05) is 11.3 Å². The van der Waals surface area contributed by atoms with Crippen molar-refractivity contribution in [1.29, 1.82) is 0 Å². The van der Waals surface area contributed by atoms with E-state index in [9.17, 15) is 0 Å². The summed E-state index contributed by atoms with van der Waals surface area (Å²) < 4.78 is 2.77. The van der Waals surface area contributed by atoms with Gasteiger partial charge in [0.05, 0.1) is 0 Å². The lowest BCUT2D eigenvalue weighted by molar-refractivity contribution is -0.0399. The van der Waals surface area contributed by atoms with E-state index in [0.717, 1.165) is 23.7 Å². The average molecular weight is 671 g/mol. The van der Waals surface area contributed by atoms with Crippen LogP contribution in [0.15, 0.2) is 146 Å². The van der Waals surface area contributed by atoms with Crippen LogP contribution in [0, 0.1) is 23.7 Å². The lowest BCUT2D eigenvalue weighted by atomic mass is 9.43. The molecule has 7 aromatic carbocycles. The smallest absolute Gasteiger partial charge is 0.0433 e. The van der Waals surface area contributed by atoms with Crippen molar-refractivity contribution in [3.05, 3.63) is 157 Å². The molecule has 4 fully saturated rings. The molecule has 1 spiro atoms. The van der Waals surface area contributed by atoms with Gasteiger partial charge in [0, 0.05) is 25.6 Å². The van der Waals surface area contributed by atoms with Gasteiger partial charge in [-0.25, -0.2) is 0 Å². The SMILES string of the molecule is c1cc(-c2ccc(-c3ccc4ccccc4c3)cc2)c2c(c1)C1(c3ccc(-c4cccc5c4sc4ccccc45)cc3-2)C2CC3CC(C2)CC1C3. The molecule has 0 N–H and O–H groups in total. The van der Waals surface area contributed by atoms with Crippen LogP contribution in [0.4, 0.5) is 0 Å². The number of benzene rings is 7. The third-order valence-electron chi connectivity index (χ3n) is 13.7. The summed E-state index contributed by atoms with van der Waals surface area (Å²) in [6.07, 6.45) is 7.09. The average Bonchev–Trinajstić information content (AvgIpc) is 3.70. The lowest BCUT2D eigenvalue weighted by Gasteiger charge is -2.61. The van der Waals surface area contributed by atoms with E-state index in [1.165, 1.54) is 108 Å². The van der Waals surface area contributed by atoms with Crippen LogP contribution in [0.3, 0.4) is 0 Å². The Bertz CT molecular complexity index is 2680. The van der Waals surface area contributed by atoms with E-state index in [0.29, 0.717) is 0 Å². The Morgan fingerprint density at radius 2 is 1.10 bits per heavy atom. The van der Waals surface area contributed by atoms with E-state index in [-0.39, 0.29) is 5.41 Å². The Hall–Kier alpha value is -4.98. The lowest BCUT2D eigenvalue weighted by Crippen LogP contribution is -2.55. The van der Waals surface area contributed by atoms with Gasteiger partial charge < -0.3 is 0 Å². The Kier molecular flexibility index (Phi) is 5.92. The van der Waals surface area contributed by atoms with Gasteiger partial charge in [-0.3, -0.25) is 0 Å². The van der Waals surface area contributed by atoms with Gasteiger partial charge >= 0.3 is 0 Å². The molecular weight excluding hydrogens is 633 g/mol. The van der Waals surface area contributed by atoms with Gasteiger partial charge in [-0.05, 0) is 140 Å². The molecule has 0 atom stereocenters. The Labute approximate surface area is 303 Å². The minimum Gasteiger partial charge on any atom is -0.135 e. The fourth-order valence-corrected chi connectivity index (χ4v) is 13.1. The van der Waals surface area contributed by atoms with Crippen LogP contribution < -0.4 is 0 Å². The predicted molar refractivity (Wildman–Crippen MR) is 216 cm³/mol. The molecule has 51 heavy (non-hydrogen) atoms. The summed E-state index contributed by atoms with van der Waals surface area (Å²) in [4.78, 5) is 0. The number of fused-ring (bicyclic) bond motifs is 7. The van der Waals surface area contributed by atoms with Crippen molar-refractivity contribution >= 4 is 42.3 Å². The van der Waals surface area contributed by atoms with E-state index in [2.05, 4.69) is 146 Å². The van der Waals surface area contributed by atoms with Crippen molar-refractivity contribution in [2.75, 3.05) is 0 Å². The molecule has 5 aliphatic carbocycles. The zero-order valence-corrected chi connectivity index (χ0v) is 29.4. The highest BCUT2D eigenvalue weighted by Crippen LogP contribution is 2.70. The molecule has 4 bridgehead atoms. The van der Waals surface area contributed by atoms with Gasteiger partial charge in [-0.2, -0.15) is 0 Å². The Balaban J connectivity index is 1.05. The molecule has 5 aliphatic rings. The summed E-state index contributed by atoms with van der Waals surface area (Å²) in [5.41, 5.74) is 14.3. The van der Waals surface area contributed by atoms with Crippen molar-refractivity contribution in [2.24, 2.45) is 23.7 Å². The van der Waals surface area contributed by atoms with Crippen molar-refractivity contribution in [3.8, 4) is 44.5 Å². The molecule has 0 radical (unpaired) electrons. The summed E-state index contributed by atoms with van der Waals surface area (Å²) in [5.74, 6) is 3.36. The van der Waals surface area contributed by atoms with Crippen LogP contribution >= 0.6 is 11.3 Å². The highest BCUT2D eigenvalue weighted by molar-refractivity contribution is 7.26. The van der Waals surface area contributed by atoms with Crippen LogP contribution in [0.5, 0.6) is 0 Å². The highest BCUT2D eigenvalue weighted by atomic mass is 32.1. The molecule has 0 saturated heterocycles. The summed E-state index contributed by atoms with van der Waals surface area (Å²) >= 11 is 1.94. The third-order valence-corrected chi connectivity index (χ3v) is 14.9. The topological polar surface area (TPSA) is 0 Å². The summed E-state index contributed by atoms with van der Waals surface area (Å²) in [7, 11) is 0. The van der Waals surface area contributed by atoms with Gasteiger partial charge in [0.15, 0.2) is 0 Å². The molecule has 4 saturated carbocycles. The second-order valence-corrected chi connectivity index (χ2v) is 17.1. The van der Waals surface area contributed by atoms with Crippen LogP contribution in [-0.2, 0) is 5.41 Å². The van der Waals surface area contributed by atoms with Gasteiger partial charge in [0.1, 0.15) is 0 Å². The van der Waals surface area contributed by atoms with Gasteiger partial charge in [0.2, 0.25) is 0 Å². The van der Waals surface area contributed by atoms with E-state index in [4.69, 9.17) is 0 Å². The monoisotopic (exact) mass is 670 g/mol. The summed E-state index contributed by atoms with van der Waals surface area (Å²) in [5, 5.41) is 5.32. The standard InChI is InChI=1S/C50H38S/c1-2-8-35-28-36(20-17-32(35)7-1)33-15-18-34(19-16-33)40-10-6-13-46-48(40)44-29-37(41-11-5-12-43-42-9-3-4-14-47(42)51-49(41)43)21-22-45(44)50(46)38-24-30-23-31(26-38)27-39(50)25-30/h1-22,28-31,38-39H,23-27H2. The van der Waals surface area contributed by atoms with Crippen molar-refractivity contribution in [1.82, 2.24) is 0 Å². The zero-order valence-electron chi connectivity index (χ0n) is 28.6. The van der Waals surface area contributed by atoms with Gasteiger partial charge in [-0.15, -0.1) is 11.3 Å². The Morgan fingerprint density at radius 1 is 0.431 bits per heavy atom. The highest BCUT2D eigenvalue weighted by Gasteiger charge is 2.61. The third kappa shape index (κ3) is 3.96. The molecule has 0 aliphatic heterocycles. The van der Waals surface area contributed by atoms with Crippen LogP contribution in [0.25, 0.3) is 75.5 Å². The first-order valence-electron chi connectivity index (χ1n) is 19.0. The molecular formula is C50H38S. The molecule has 244 valence electrons. The molecule has 0 unspecified atom stereocenters. The molecule has 0 nitrogen and oxygen atoms in total. The fourth-order valence-electron chi connectivity index (χ4n) is 11.8. The number of hydrogen-bond acceptors (Lipinski definition) is 1.